The van der Waals surface area contributed by atoms with Gasteiger partial charge in [-0.3, -0.25) is 0 Å². The maximum atomic E-state index is 9.09. The van der Waals surface area contributed by atoms with E-state index in [0.717, 1.165) is 15.6 Å². The Balaban J connectivity index is 2.02. The highest BCUT2D eigenvalue weighted by Crippen LogP contribution is 2.27. The summed E-state index contributed by atoms with van der Waals surface area (Å²) in [6.07, 6.45) is 0. The Kier molecular flexibility index (Phi) is 5.40. The van der Waals surface area contributed by atoms with E-state index in [1.165, 1.54) is 0 Å². The van der Waals surface area contributed by atoms with Crippen molar-refractivity contribution in [3.63, 3.8) is 0 Å². The molecule has 3 aromatic rings. The van der Waals surface area contributed by atoms with E-state index in [0.29, 0.717) is 28.9 Å². The van der Waals surface area contributed by atoms with E-state index >= 15 is 0 Å². The Hall–Kier alpha value is -2.02. The van der Waals surface area contributed by atoms with Gasteiger partial charge in [-0.15, -0.1) is 10.2 Å². The standard InChI is InChI=1S/C17H14BrClN4O/c18-13-5-1-12(2-6-13)16-21-17(20-9-10-24)15(22-23-16)11-3-7-14(19)8-4-11/h1-8,24H,9-10H2,(H,20,21,23). The molecule has 24 heavy (non-hydrogen) atoms. The largest absolute Gasteiger partial charge is 0.395 e. The summed E-state index contributed by atoms with van der Waals surface area (Å²) < 4.78 is 0.982. The molecule has 0 saturated carbocycles. The van der Waals surface area contributed by atoms with Gasteiger partial charge in [-0.2, -0.15) is 0 Å². The number of benzene rings is 2. The lowest BCUT2D eigenvalue weighted by molar-refractivity contribution is 0.311. The first-order chi connectivity index (χ1) is 11.7. The number of hydrogen-bond donors (Lipinski definition) is 2. The van der Waals surface area contributed by atoms with E-state index < -0.39 is 0 Å². The zero-order valence-corrected chi connectivity index (χ0v) is 14.9. The van der Waals surface area contributed by atoms with Crippen LogP contribution in [-0.2, 0) is 0 Å². The zero-order chi connectivity index (χ0) is 16.9. The van der Waals surface area contributed by atoms with Gasteiger partial charge in [0.05, 0.1) is 6.61 Å². The molecule has 2 N–H and O–H groups in total. The quantitative estimate of drug-likeness (QED) is 0.671. The normalized spacial score (nSPS) is 10.6. The van der Waals surface area contributed by atoms with E-state index in [4.69, 9.17) is 16.7 Å². The molecule has 0 spiro atoms. The smallest absolute Gasteiger partial charge is 0.183 e. The molecule has 0 unspecified atom stereocenters. The fourth-order valence-corrected chi connectivity index (χ4v) is 2.54. The van der Waals surface area contributed by atoms with Gasteiger partial charge in [-0.05, 0) is 24.3 Å². The molecule has 0 radical (unpaired) electrons. The molecule has 0 aliphatic carbocycles. The average molecular weight is 406 g/mol. The SMILES string of the molecule is OCCNc1nc(-c2ccc(Br)cc2)nnc1-c1ccc(Cl)cc1. The van der Waals surface area contributed by atoms with Crippen molar-refractivity contribution in [3.05, 3.63) is 58.0 Å². The van der Waals surface area contributed by atoms with Crippen LogP contribution in [0.5, 0.6) is 0 Å². The van der Waals surface area contributed by atoms with Crippen LogP contribution in [0.15, 0.2) is 53.0 Å². The lowest BCUT2D eigenvalue weighted by Crippen LogP contribution is -2.10. The summed E-state index contributed by atoms with van der Waals surface area (Å²) in [7, 11) is 0. The molecular formula is C17H14BrClN4O. The number of nitrogens with zero attached hydrogens (tertiary/aromatic N) is 3. The molecule has 1 heterocycles. The average Bonchev–Trinajstić information content (AvgIpc) is 2.61. The van der Waals surface area contributed by atoms with Gasteiger partial charge < -0.3 is 10.4 Å². The van der Waals surface area contributed by atoms with Gasteiger partial charge in [0, 0.05) is 27.2 Å². The van der Waals surface area contributed by atoms with Crippen molar-refractivity contribution < 1.29 is 5.11 Å². The third-order valence-corrected chi connectivity index (χ3v) is 4.09. The first kappa shape index (κ1) is 16.8. The van der Waals surface area contributed by atoms with Crippen LogP contribution in [0.4, 0.5) is 5.82 Å². The van der Waals surface area contributed by atoms with Crippen LogP contribution in [0.1, 0.15) is 0 Å². The summed E-state index contributed by atoms with van der Waals surface area (Å²) in [4.78, 5) is 4.56. The monoisotopic (exact) mass is 404 g/mol. The van der Waals surface area contributed by atoms with Crippen molar-refractivity contribution in [2.24, 2.45) is 0 Å². The molecule has 5 nitrogen and oxygen atoms in total. The van der Waals surface area contributed by atoms with E-state index in [-0.39, 0.29) is 6.61 Å². The molecule has 0 aliphatic heterocycles. The van der Waals surface area contributed by atoms with E-state index in [2.05, 4.69) is 36.4 Å². The minimum atomic E-state index is -0.00230. The second kappa shape index (κ2) is 7.70. The second-order valence-corrected chi connectivity index (χ2v) is 6.35. The first-order valence-electron chi connectivity index (χ1n) is 7.28. The predicted octanol–water partition coefficient (Wildman–Crippen LogP) is 4.03. The zero-order valence-electron chi connectivity index (χ0n) is 12.6. The maximum absolute atomic E-state index is 9.09. The molecule has 7 heteroatoms. The van der Waals surface area contributed by atoms with Crippen LogP contribution >= 0.6 is 27.5 Å². The highest BCUT2D eigenvalue weighted by Gasteiger charge is 2.12. The molecule has 0 bridgehead atoms. The summed E-state index contributed by atoms with van der Waals surface area (Å²) in [5.74, 6) is 1.08. The number of anilines is 1. The van der Waals surface area contributed by atoms with E-state index in [1.54, 1.807) is 12.1 Å². The van der Waals surface area contributed by atoms with Crippen LogP contribution in [0.2, 0.25) is 5.02 Å². The Bertz CT molecular complexity index is 825. The molecule has 1 aromatic heterocycles. The van der Waals surface area contributed by atoms with Gasteiger partial charge in [0.1, 0.15) is 5.69 Å². The minimum Gasteiger partial charge on any atom is -0.395 e. The molecule has 0 aliphatic rings. The lowest BCUT2D eigenvalue weighted by atomic mass is 10.1. The van der Waals surface area contributed by atoms with E-state index in [1.807, 2.05) is 36.4 Å². The van der Waals surface area contributed by atoms with Gasteiger partial charge in [0.2, 0.25) is 0 Å². The van der Waals surface area contributed by atoms with Crippen molar-refractivity contribution in [2.45, 2.75) is 0 Å². The summed E-state index contributed by atoms with van der Waals surface area (Å²) in [6.45, 7) is 0.372. The molecule has 2 aromatic carbocycles. The molecule has 122 valence electrons. The fourth-order valence-electron chi connectivity index (χ4n) is 2.15. The van der Waals surface area contributed by atoms with Crippen molar-refractivity contribution in [1.29, 1.82) is 0 Å². The van der Waals surface area contributed by atoms with Gasteiger partial charge >= 0.3 is 0 Å². The number of hydrogen-bond acceptors (Lipinski definition) is 5. The summed E-state index contributed by atoms with van der Waals surface area (Å²) in [5.41, 5.74) is 2.32. The summed E-state index contributed by atoms with van der Waals surface area (Å²) >= 11 is 9.34. The topological polar surface area (TPSA) is 70.9 Å². The third kappa shape index (κ3) is 3.90. The van der Waals surface area contributed by atoms with Crippen LogP contribution in [0.25, 0.3) is 22.6 Å². The van der Waals surface area contributed by atoms with Crippen molar-refractivity contribution in [2.75, 3.05) is 18.5 Å². The number of nitrogens with one attached hydrogen (secondary N) is 1. The Morgan fingerprint density at radius 1 is 0.958 bits per heavy atom. The highest BCUT2D eigenvalue weighted by molar-refractivity contribution is 9.10. The molecule has 0 amide bonds. The van der Waals surface area contributed by atoms with Crippen molar-refractivity contribution >= 4 is 33.3 Å². The van der Waals surface area contributed by atoms with E-state index in [9.17, 15) is 0 Å². The Morgan fingerprint density at radius 2 is 1.62 bits per heavy atom. The molecule has 3 rings (SSSR count). The number of halogens is 2. The second-order valence-electron chi connectivity index (χ2n) is 5.00. The van der Waals surface area contributed by atoms with Crippen LogP contribution in [0.3, 0.4) is 0 Å². The minimum absolute atomic E-state index is 0.00230. The number of aliphatic hydroxyl groups is 1. The molecule has 0 saturated heterocycles. The molecular weight excluding hydrogens is 392 g/mol. The van der Waals surface area contributed by atoms with Crippen molar-refractivity contribution in [3.8, 4) is 22.6 Å². The molecule has 0 atom stereocenters. The lowest BCUT2D eigenvalue weighted by Gasteiger charge is -2.11. The number of aromatic nitrogens is 3. The fraction of sp³-hybridized carbons (Fsp3) is 0.118. The van der Waals surface area contributed by atoms with Gasteiger partial charge in [-0.1, -0.05) is 51.8 Å². The summed E-state index contributed by atoms with van der Waals surface area (Å²) in [5, 5.41) is 21.4. The first-order valence-corrected chi connectivity index (χ1v) is 8.46. The molecule has 0 fully saturated rings. The van der Waals surface area contributed by atoms with Crippen LogP contribution in [-0.4, -0.2) is 33.4 Å². The van der Waals surface area contributed by atoms with Crippen LogP contribution in [0, 0.1) is 0 Å². The number of aliphatic hydroxyl groups excluding tert-OH is 1. The summed E-state index contributed by atoms with van der Waals surface area (Å²) in [6, 6.07) is 15.0. The van der Waals surface area contributed by atoms with Crippen molar-refractivity contribution in [1.82, 2.24) is 15.2 Å². The highest BCUT2D eigenvalue weighted by atomic mass is 79.9. The third-order valence-electron chi connectivity index (χ3n) is 3.31. The van der Waals surface area contributed by atoms with Gasteiger partial charge in [0.15, 0.2) is 11.6 Å². The van der Waals surface area contributed by atoms with Gasteiger partial charge in [-0.25, -0.2) is 4.98 Å². The Morgan fingerprint density at radius 3 is 2.29 bits per heavy atom. The predicted molar refractivity (Wildman–Crippen MR) is 99.0 cm³/mol. The Labute approximate surface area is 152 Å². The van der Waals surface area contributed by atoms with Crippen LogP contribution < -0.4 is 5.32 Å². The maximum Gasteiger partial charge on any atom is 0.183 e. The number of rotatable bonds is 5. The van der Waals surface area contributed by atoms with Gasteiger partial charge in [0.25, 0.3) is 0 Å².